The summed E-state index contributed by atoms with van der Waals surface area (Å²) in [6.07, 6.45) is -2.32. The number of thiophene rings is 1. The number of amides is 2. The van der Waals surface area contributed by atoms with Gasteiger partial charge >= 0.3 is 6.18 Å². The summed E-state index contributed by atoms with van der Waals surface area (Å²) in [5.41, 5.74) is 4.98. The molecule has 1 aliphatic rings. The van der Waals surface area contributed by atoms with E-state index in [-0.39, 0.29) is 10.6 Å². The number of nitrogens with two attached hydrogens (primary N) is 1. The first-order valence-corrected chi connectivity index (χ1v) is 8.92. The van der Waals surface area contributed by atoms with Gasteiger partial charge in [-0.15, -0.1) is 11.3 Å². The number of alkyl halides is 3. The van der Waals surface area contributed by atoms with Gasteiger partial charge in [0.2, 0.25) is 0 Å². The average molecular weight is 382 g/mol. The molecule has 0 bridgehead atoms. The number of carbonyl (C=O) groups excluding carboxylic acids is 2. The van der Waals surface area contributed by atoms with Gasteiger partial charge in [-0.05, 0) is 42.9 Å². The number of carbonyl (C=O) groups is 2. The van der Waals surface area contributed by atoms with Crippen molar-refractivity contribution in [2.45, 2.75) is 32.4 Å². The van der Waals surface area contributed by atoms with Crippen LogP contribution in [-0.4, -0.2) is 11.8 Å². The minimum Gasteiger partial charge on any atom is -0.365 e. The lowest BCUT2D eigenvalue weighted by Gasteiger charge is -2.18. The second-order valence-corrected chi connectivity index (χ2v) is 7.52. The van der Waals surface area contributed by atoms with E-state index in [0.717, 1.165) is 35.4 Å². The van der Waals surface area contributed by atoms with E-state index in [2.05, 4.69) is 12.2 Å². The molecule has 2 aromatic rings. The molecule has 0 fully saturated rings. The smallest absolute Gasteiger partial charge is 0.365 e. The van der Waals surface area contributed by atoms with Crippen molar-refractivity contribution in [1.82, 2.24) is 0 Å². The lowest BCUT2D eigenvalue weighted by molar-refractivity contribution is -0.137. The fraction of sp³-hybridized carbons (Fsp3) is 0.333. The molecule has 3 N–H and O–H groups in total. The van der Waals surface area contributed by atoms with Crippen LogP contribution in [0.25, 0.3) is 0 Å². The van der Waals surface area contributed by atoms with Crippen molar-refractivity contribution >= 4 is 28.2 Å². The molecule has 1 aromatic carbocycles. The first kappa shape index (κ1) is 18.4. The minimum atomic E-state index is -4.65. The molecule has 0 aliphatic heterocycles. The molecule has 2 amide bonds. The van der Waals surface area contributed by atoms with Crippen LogP contribution in [0.3, 0.4) is 0 Å². The van der Waals surface area contributed by atoms with E-state index in [0.29, 0.717) is 12.3 Å². The predicted octanol–water partition coefficient (Wildman–Crippen LogP) is 4.24. The molecular weight excluding hydrogens is 365 g/mol. The van der Waals surface area contributed by atoms with Gasteiger partial charge in [0.15, 0.2) is 0 Å². The van der Waals surface area contributed by atoms with E-state index < -0.39 is 29.1 Å². The Morgan fingerprint density at radius 2 is 1.96 bits per heavy atom. The van der Waals surface area contributed by atoms with E-state index in [1.807, 2.05) is 0 Å². The molecule has 26 heavy (non-hydrogen) atoms. The quantitative estimate of drug-likeness (QED) is 0.833. The van der Waals surface area contributed by atoms with Crippen LogP contribution in [0.15, 0.2) is 24.3 Å². The highest BCUT2D eigenvalue weighted by Crippen LogP contribution is 2.40. The Balaban J connectivity index is 1.98. The van der Waals surface area contributed by atoms with Gasteiger partial charge in [0.1, 0.15) is 5.00 Å². The van der Waals surface area contributed by atoms with Gasteiger partial charge in [-0.2, -0.15) is 13.2 Å². The molecule has 3 rings (SSSR count). The summed E-state index contributed by atoms with van der Waals surface area (Å²) >= 11 is 1.22. The van der Waals surface area contributed by atoms with Crippen LogP contribution < -0.4 is 11.1 Å². The molecule has 1 aromatic heterocycles. The third-order valence-electron chi connectivity index (χ3n) is 4.46. The van der Waals surface area contributed by atoms with Crippen LogP contribution in [0.4, 0.5) is 18.2 Å². The number of halogens is 3. The van der Waals surface area contributed by atoms with Gasteiger partial charge < -0.3 is 11.1 Å². The van der Waals surface area contributed by atoms with Crippen molar-refractivity contribution in [3.05, 3.63) is 51.4 Å². The molecule has 138 valence electrons. The lowest BCUT2D eigenvalue weighted by Crippen LogP contribution is -2.21. The Morgan fingerprint density at radius 1 is 1.27 bits per heavy atom. The monoisotopic (exact) mass is 382 g/mol. The van der Waals surface area contributed by atoms with Crippen LogP contribution in [0.2, 0.25) is 0 Å². The van der Waals surface area contributed by atoms with Crippen molar-refractivity contribution in [3.8, 4) is 0 Å². The minimum absolute atomic E-state index is 0.217. The Kier molecular flexibility index (Phi) is 4.79. The maximum absolute atomic E-state index is 13.1. The zero-order chi connectivity index (χ0) is 19.1. The van der Waals surface area contributed by atoms with Gasteiger partial charge in [0.25, 0.3) is 11.8 Å². The SMILES string of the molecule is C[C@@H]1CCc2c(sc(NC(=O)c3ccccc3C(F)(F)F)c2C(N)=O)C1. The Hall–Kier alpha value is -2.35. The molecule has 0 saturated heterocycles. The summed E-state index contributed by atoms with van der Waals surface area (Å²) in [5.74, 6) is -1.15. The molecule has 0 unspecified atom stereocenters. The molecule has 1 aliphatic carbocycles. The molecular formula is C18H17F3N2O2S. The Morgan fingerprint density at radius 3 is 2.62 bits per heavy atom. The van der Waals surface area contributed by atoms with E-state index in [1.165, 1.54) is 23.5 Å². The number of hydrogen-bond donors (Lipinski definition) is 2. The number of nitrogens with one attached hydrogen (secondary N) is 1. The topological polar surface area (TPSA) is 72.2 Å². The largest absolute Gasteiger partial charge is 0.417 e. The summed E-state index contributed by atoms with van der Waals surface area (Å²) in [7, 11) is 0. The molecule has 4 nitrogen and oxygen atoms in total. The fourth-order valence-corrected chi connectivity index (χ4v) is 4.61. The van der Waals surface area contributed by atoms with E-state index >= 15 is 0 Å². The van der Waals surface area contributed by atoms with Gasteiger partial charge in [-0.1, -0.05) is 19.1 Å². The third kappa shape index (κ3) is 3.46. The van der Waals surface area contributed by atoms with Crippen molar-refractivity contribution in [2.24, 2.45) is 11.7 Å². The zero-order valence-corrected chi connectivity index (χ0v) is 14.8. The van der Waals surface area contributed by atoms with Crippen LogP contribution in [0, 0.1) is 5.92 Å². The molecule has 0 saturated carbocycles. The van der Waals surface area contributed by atoms with Gasteiger partial charge in [-0.3, -0.25) is 9.59 Å². The number of hydrogen-bond acceptors (Lipinski definition) is 3. The summed E-state index contributed by atoms with van der Waals surface area (Å²) < 4.78 is 39.4. The van der Waals surface area contributed by atoms with E-state index in [4.69, 9.17) is 5.73 Å². The number of fused-ring (bicyclic) bond motifs is 1. The highest BCUT2D eigenvalue weighted by atomic mass is 32.1. The zero-order valence-electron chi connectivity index (χ0n) is 13.9. The second kappa shape index (κ2) is 6.75. The lowest BCUT2D eigenvalue weighted by atomic mass is 9.88. The normalized spacial score (nSPS) is 16.8. The van der Waals surface area contributed by atoms with E-state index in [1.54, 1.807) is 0 Å². The van der Waals surface area contributed by atoms with Crippen LogP contribution in [-0.2, 0) is 19.0 Å². The van der Waals surface area contributed by atoms with Crippen LogP contribution in [0.5, 0.6) is 0 Å². The van der Waals surface area contributed by atoms with Crippen molar-refractivity contribution in [3.63, 3.8) is 0 Å². The first-order valence-electron chi connectivity index (χ1n) is 8.10. The Labute approximate surface area is 152 Å². The predicted molar refractivity (Wildman–Crippen MR) is 93.4 cm³/mol. The van der Waals surface area contributed by atoms with Crippen LogP contribution in [0.1, 0.15) is 50.1 Å². The molecule has 1 atom stereocenters. The highest BCUT2D eigenvalue weighted by molar-refractivity contribution is 7.17. The van der Waals surface area contributed by atoms with Gasteiger partial charge in [-0.25, -0.2) is 0 Å². The van der Waals surface area contributed by atoms with Gasteiger partial charge in [0, 0.05) is 4.88 Å². The van der Waals surface area contributed by atoms with Gasteiger partial charge in [0.05, 0.1) is 16.7 Å². The number of anilines is 1. The van der Waals surface area contributed by atoms with E-state index in [9.17, 15) is 22.8 Å². The molecule has 1 heterocycles. The average Bonchev–Trinajstić information content (AvgIpc) is 2.90. The fourth-order valence-electron chi connectivity index (χ4n) is 3.20. The third-order valence-corrected chi connectivity index (χ3v) is 5.63. The second-order valence-electron chi connectivity index (χ2n) is 6.42. The number of rotatable bonds is 3. The maximum Gasteiger partial charge on any atom is 0.417 e. The Bertz CT molecular complexity index is 874. The standard InChI is InChI=1S/C18H17F3N2O2S/c1-9-6-7-11-13(8-9)26-17(14(11)15(22)24)23-16(25)10-4-2-3-5-12(10)18(19,20)21/h2-5,9H,6-8H2,1H3,(H2,22,24)(H,23,25)/t9-/m1/s1. The summed E-state index contributed by atoms with van der Waals surface area (Å²) in [6.45, 7) is 2.09. The summed E-state index contributed by atoms with van der Waals surface area (Å²) in [6, 6.07) is 4.54. The molecule has 8 heteroatoms. The summed E-state index contributed by atoms with van der Waals surface area (Å²) in [5, 5.41) is 2.69. The molecule has 0 spiro atoms. The maximum atomic E-state index is 13.1. The highest BCUT2D eigenvalue weighted by Gasteiger charge is 2.35. The number of primary amides is 1. The van der Waals surface area contributed by atoms with Crippen molar-refractivity contribution in [2.75, 3.05) is 5.32 Å². The van der Waals surface area contributed by atoms with Crippen molar-refractivity contribution < 1.29 is 22.8 Å². The molecule has 0 radical (unpaired) electrons. The number of benzene rings is 1. The van der Waals surface area contributed by atoms with Crippen LogP contribution >= 0.6 is 11.3 Å². The first-order chi connectivity index (χ1) is 12.2. The van der Waals surface area contributed by atoms with Crippen molar-refractivity contribution in [1.29, 1.82) is 0 Å². The summed E-state index contributed by atoms with van der Waals surface area (Å²) in [4.78, 5) is 25.3.